The van der Waals surface area contributed by atoms with Crippen molar-refractivity contribution in [3.63, 3.8) is 0 Å². The number of rotatable bonds is 48. The van der Waals surface area contributed by atoms with Gasteiger partial charge in [-0.15, -0.1) is 0 Å². The van der Waals surface area contributed by atoms with E-state index in [1.807, 2.05) is 0 Å². The molecule has 6 nitrogen and oxygen atoms in total. The van der Waals surface area contributed by atoms with Crippen molar-refractivity contribution < 1.29 is 24.5 Å². The van der Waals surface area contributed by atoms with Crippen molar-refractivity contribution in [1.29, 1.82) is 0 Å². The number of hydrogen-bond acceptors (Lipinski definition) is 5. The van der Waals surface area contributed by atoms with E-state index in [0.29, 0.717) is 25.9 Å². The molecule has 2 atom stereocenters. The van der Waals surface area contributed by atoms with Crippen molar-refractivity contribution in [3.05, 3.63) is 0 Å². The van der Waals surface area contributed by atoms with Gasteiger partial charge in [0, 0.05) is 12.8 Å². The van der Waals surface area contributed by atoms with Gasteiger partial charge in [-0.05, 0) is 25.7 Å². The van der Waals surface area contributed by atoms with E-state index in [-0.39, 0.29) is 18.5 Å². The number of esters is 1. The Morgan fingerprint density at radius 1 is 0.421 bits per heavy atom. The molecule has 0 aromatic carbocycles. The van der Waals surface area contributed by atoms with Crippen LogP contribution in [-0.2, 0) is 14.3 Å². The van der Waals surface area contributed by atoms with Crippen LogP contribution in [0.5, 0.6) is 0 Å². The lowest BCUT2D eigenvalue weighted by Crippen LogP contribution is -2.45. The first-order valence-electron chi connectivity index (χ1n) is 25.8. The molecule has 0 aliphatic rings. The maximum absolute atomic E-state index is 12.5. The van der Waals surface area contributed by atoms with Gasteiger partial charge in [0.2, 0.25) is 5.91 Å². The Kier molecular flexibility index (Phi) is 46.6. The van der Waals surface area contributed by atoms with E-state index in [4.69, 9.17) is 4.74 Å². The molecule has 0 radical (unpaired) electrons. The van der Waals surface area contributed by atoms with Crippen LogP contribution >= 0.6 is 0 Å². The number of nitrogens with one attached hydrogen (secondary N) is 1. The van der Waals surface area contributed by atoms with Gasteiger partial charge in [0.25, 0.3) is 0 Å². The summed E-state index contributed by atoms with van der Waals surface area (Å²) in [4.78, 5) is 24.4. The first-order valence-corrected chi connectivity index (χ1v) is 25.8. The molecule has 2 unspecified atom stereocenters. The fraction of sp³-hybridized carbons (Fsp3) is 0.961. The minimum absolute atomic E-state index is 0.0131. The van der Waals surface area contributed by atoms with Gasteiger partial charge in [0.05, 0.1) is 25.4 Å². The Hall–Kier alpha value is -1.14. The van der Waals surface area contributed by atoms with Crippen LogP contribution in [-0.4, -0.2) is 47.4 Å². The Balaban J connectivity index is 3.47. The summed E-state index contributed by atoms with van der Waals surface area (Å²) in [6, 6.07) is -0.553. The molecular weight excluding hydrogens is 707 g/mol. The van der Waals surface area contributed by atoms with E-state index in [9.17, 15) is 19.8 Å². The number of carbonyl (C=O) groups excluding carboxylic acids is 2. The summed E-state index contributed by atoms with van der Waals surface area (Å²) in [7, 11) is 0. The fourth-order valence-electron chi connectivity index (χ4n) is 8.17. The highest BCUT2D eigenvalue weighted by atomic mass is 16.5. The van der Waals surface area contributed by atoms with Gasteiger partial charge in [-0.25, -0.2) is 0 Å². The highest BCUT2D eigenvalue weighted by Gasteiger charge is 2.20. The first kappa shape index (κ1) is 55.9. The molecule has 0 heterocycles. The Morgan fingerprint density at radius 3 is 1.07 bits per heavy atom. The summed E-state index contributed by atoms with van der Waals surface area (Å²) in [6.45, 7) is 4.92. The molecule has 3 N–H and O–H groups in total. The van der Waals surface area contributed by atoms with E-state index in [1.165, 1.54) is 199 Å². The van der Waals surface area contributed by atoms with Crippen LogP contribution < -0.4 is 5.32 Å². The Morgan fingerprint density at radius 2 is 0.719 bits per heavy atom. The maximum Gasteiger partial charge on any atom is 0.305 e. The van der Waals surface area contributed by atoms with E-state index < -0.39 is 12.1 Å². The summed E-state index contributed by atoms with van der Waals surface area (Å²) in [5.74, 6) is -0.0640. The lowest BCUT2D eigenvalue weighted by molar-refractivity contribution is -0.143. The van der Waals surface area contributed by atoms with Gasteiger partial charge in [-0.3, -0.25) is 9.59 Å². The number of hydrogen-bond donors (Lipinski definition) is 3. The molecule has 0 bridgehead atoms. The van der Waals surface area contributed by atoms with Crippen molar-refractivity contribution >= 4 is 11.9 Å². The molecule has 0 aromatic heterocycles. The molecule has 0 saturated heterocycles. The van der Waals surface area contributed by atoms with Crippen molar-refractivity contribution in [2.45, 2.75) is 302 Å². The molecule has 340 valence electrons. The normalized spacial score (nSPS) is 12.6. The Labute approximate surface area is 356 Å². The third kappa shape index (κ3) is 44.2. The van der Waals surface area contributed by atoms with Gasteiger partial charge in [0.1, 0.15) is 0 Å². The van der Waals surface area contributed by atoms with Crippen LogP contribution in [0.4, 0.5) is 0 Å². The molecule has 0 aliphatic carbocycles. The van der Waals surface area contributed by atoms with Crippen molar-refractivity contribution in [3.8, 4) is 0 Å². The number of amides is 1. The number of aliphatic hydroxyl groups excluding tert-OH is 2. The highest BCUT2D eigenvalue weighted by molar-refractivity contribution is 5.76. The summed E-state index contributed by atoms with van der Waals surface area (Å²) < 4.78 is 5.44. The average Bonchev–Trinajstić information content (AvgIpc) is 3.21. The monoisotopic (exact) mass is 808 g/mol. The lowest BCUT2D eigenvalue weighted by Gasteiger charge is -2.22. The predicted molar refractivity (Wildman–Crippen MR) is 246 cm³/mol. The lowest BCUT2D eigenvalue weighted by atomic mass is 10.0. The molecule has 0 spiro atoms. The largest absolute Gasteiger partial charge is 0.466 e. The quantitative estimate of drug-likeness (QED) is 0.0420. The second-order valence-corrected chi connectivity index (χ2v) is 17.9. The van der Waals surface area contributed by atoms with Gasteiger partial charge in [-0.2, -0.15) is 0 Å². The minimum atomic E-state index is -0.675. The van der Waals surface area contributed by atoms with Gasteiger partial charge >= 0.3 is 5.97 Å². The predicted octanol–water partition coefficient (Wildman–Crippen LogP) is 15.2. The molecule has 0 saturated carbocycles. The Bertz CT molecular complexity index is 806. The second-order valence-electron chi connectivity index (χ2n) is 17.9. The zero-order valence-electron chi connectivity index (χ0n) is 38.6. The van der Waals surface area contributed by atoms with Crippen molar-refractivity contribution in [2.24, 2.45) is 0 Å². The fourth-order valence-corrected chi connectivity index (χ4v) is 8.17. The number of unbranched alkanes of at least 4 members (excludes halogenated alkanes) is 37. The average molecular weight is 808 g/mol. The van der Waals surface area contributed by atoms with E-state index >= 15 is 0 Å². The summed E-state index contributed by atoms with van der Waals surface area (Å²) >= 11 is 0. The zero-order valence-corrected chi connectivity index (χ0v) is 38.6. The van der Waals surface area contributed by atoms with Gasteiger partial charge < -0.3 is 20.3 Å². The van der Waals surface area contributed by atoms with Crippen molar-refractivity contribution in [2.75, 3.05) is 13.2 Å². The van der Waals surface area contributed by atoms with E-state index in [0.717, 1.165) is 57.8 Å². The van der Waals surface area contributed by atoms with Crippen LogP contribution in [0.1, 0.15) is 290 Å². The summed E-state index contributed by atoms with van der Waals surface area (Å²) in [6.07, 6.45) is 52.1. The zero-order chi connectivity index (χ0) is 41.5. The number of ether oxygens (including phenoxy) is 1. The van der Waals surface area contributed by atoms with E-state index in [1.54, 1.807) is 0 Å². The van der Waals surface area contributed by atoms with Crippen LogP contribution in [0.3, 0.4) is 0 Å². The molecule has 0 aliphatic heterocycles. The second kappa shape index (κ2) is 47.5. The first-order chi connectivity index (χ1) is 28.0. The van der Waals surface area contributed by atoms with Crippen molar-refractivity contribution in [1.82, 2.24) is 5.32 Å². The molecule has 0 rings (SSSR count). The molecule has 0 fully saturated rings. The third-order valence-corrected chi connectivity index (χ3v) is 12.2. The van der Waals surface area contributed by atoms with Gasteiger partial charge in [0.15, 0.2) is 0 Å². The SMILES string of the molecule is CCCCCCCCCCCCCCCCCCCCC(O)C(CO)NC(=O)CCCCCCCCCCCCCOC(=O)CCCCCCCCCCCCC. The topological polar surface area (TPSA) is 95.9 Å². The van der Waals surface area contributed by atoms with Gasteiger partial charge in [-0.1, -0.05) is 251 Å². The smallest absolute Gasteiger partial charge is 0.305 e. The van der Waals surface area contributed by atoms with Crippen LogP contribution in [0, 0.1) is 0 Å². The van der Waals surface area contributed by atoms with Crippen LogP contribution in [0.25, 0.3) is 0 Å². The molecule has 57 heavy (non-hydrogen) atoms. The molecule has 0 aromatic rings. The molecular formula is C51H101NO5. The number of aliphatic hydroxyl groups is 2. The van der Waals surface area contributed by atoms with E-state index in [2.05, 4.69) is 19.2 Å². The maximum atomic E-state index is 12.5. The highest BCUT2D eigenvalue weighted by Crippen LogP contribution is 2.17. The third-order valence-electron chi connectivity index (χ3n) is 12.2. The summed E-state index contributed by atoms with van der Waals surface area (Å²) in [5.41, 5.74) is 0. The molecule has 1 amide bonds. The van der Waals surface area contributed by atoms with Crippen LogP contribution in [0.15, 0.2) is 0 Å². The number of carbonyl (C=O) groups is 2. The standard InChI is InChI=1S/C51H101NO5/c1-3-5-7-9-11-13-15-16-17-18-19-20-21-24-27-31-35-39-43-49(54)48(47-53)52-50(55)44-40-36-32-28-25-22-26-30-34-38-42-46-57-51(56)45-41-37-33-29-23-14-12-10-8-6-4-2/h48-49,53-54H,3-47H2,1-2H3,(H,52,55). The summed E-state index contributed by atoms with van der Waals surface area (Å²) in [5, 5.41) is 23.2. The van der Waals surface area contributed by atoms with Crippen LogP contribution in [0.2, 0.25) is 0 Å². The minimum Gasteiger partial charge on any atom is -0.466 e. The molecule has 6 heteroatoms.